The zero-order chi connectivity index (χ0) is 19.4. The molecule has 1 amide bonds. The lowest BCUT2D eigenvalue weighted by molar-refractivity contribution is -0.115. The number of aromatic nitrogens is 3. The predicted octanol–water partition coefficient (Wildman–Crippen LogP) is 3.10. The van der Waals surface area contributed by atoms with Gasteiger partial charge in [-0.15, -0.1) is 10.2 Å². The zero-order valence-corrected chi connectivity index (χ0v) is 16.2. The van der Waals surface area contributed by atoms with Gasteiger partial charge in [0.1, 0.15) is 5.75 Å². The summed E-state index contributed by atoms with van der Waals surface area (Å²) >= 11 is 1.25. The third kappa shape index (κ3) is 4.40. The van der Waals surface area contributed by atoms with E-state index in [0.717, 1.165) is 16.9 Å². The standard InChI is InChI=1S/C19H21N5O2S/c1-12-4-6-14(7-5-12)17-22-23-19(24(17)20)27-13(2)18(25)21-15-8-10-16(26-3)11-9-15/h4-11,13H,20H2,1-3H3,(H,21,25)/t13-/m0/s1. The van der Waals surface area contributed by atoms with Gasteiger partial charge in [0.25, 0.3) is 0 Å². The molecule has 0 fully saturated rings. The van der Waals surface area contributed by atoms with Crippen LogP contribution in [0.5, 0.6) is 5.75 Å². The number of benzene rings is 2. The highest BCUT2D eigenvalue weighted by atomic mass is 32.2. The number of hydrogen-bond donors (Lipinski definition) is 2. The van der Waals surface area contributed by atoms with Gasteiger partial charge < -0.3 is 15.9 Å². The number of hydrogen-bond acceptors (Lipinski definition) is 6. The normalized spacial score (nSPS) is 11.8. The number of carbonyl (C=O) groups excluding carboxylic acids is 1. The third-order valence-electron chi connectivity index (χ3n) is 3.98. The minimum absolute atomic E-state index is 0.148. The summed E-state index contributed by atoms with van der Waals surface area (Å²) < 4.78 is 6.52. The second-order valence-corrected chi connectivity index (χ2v) is 7.33. The SMILES string of the molecule is COc1ccc(NC(=O)[C@H](C)Sc2nnc(-c3ccc(C)cc3)n2N)cc1. The molecule has 0 saturated carbocycles. The second kappa shape index (κ2) is 8.13. The molecule has 3 aromatic rings. The van der Waals surface area contributed by atoms with Crippen molar-refractivity contribution < 1.29 is 9.53 Å². The summed E-state index contributed by atoms with van der Waals surface area (Å²) in [6.07, 6.45) is 0. The van der Waals surface area contributed by atoms with E-state index in [4.69, 9.17) is 10.6 Å². The number of methoxy groups -OCH3 is 1. The van der Waals surface area contributed by atoms with E-state index in [1.807, 2.05) is 31.2 Å². The van der Waals surface area contributed by atoms with E-state index in [0.29, 0.717) is 16.7 Å². The molecule has 0 radical (unpaired) electrons. The van der Waals surface area contributed by atoms with Gasteiger partial charge >= 0.3 is 0 Å². The first-order chi connectivity index (χ1) is 13.0. The molecule has 0 aliphatic rings. The number of aryl methyl sites for hydroxylation is 1. The maximum Gasteiger partial charge on any atom is 0.237 e. The number of nitrogens with one attached hydrogen (secondary N) is 1. The number of thioether (sulfide) groups is 1. The molecule has 8 heteroatoms. The number of rotatable bonds is 6. The fourth-order valence-electron chi connectivity index (χ4n) is 2.39. The summed E-state index contributed by atoms with van der Waals surface area (Å²) in [5, 5.41) is 11.2. The van der Waals surface area contributed by atoms with Crippen molar-refractivity contribution in [3.63, 3.8) is 0 Å². The Morgan fingerprint density at radius 1 is 1.15 bits per heavy atom. The van der Waals surface area contributed by atoms with Crippen molar-refractivity contribution in [3.05, 3.63) is 54.1 Å². The van der Waals surface area contributed by atoms with Gasteiger partial charge in [-0.3, -0.25) is 4.79 Å². The smallest absolute Gasteiger partial charge is 0.237 e. The summed E-state index contributed by atoms with van der Waals surface area (Å²) in [4.78, 5) is 12.4. The molecule has 0 saturated heterocycles. The molecule has 0 spiro atoms. The topological polar surface area (TPSA) is 95.1 Å². The molecule has 1 aromatic heterocycles. The largest absolute Gasteiger partial charge is 0.497 e. The van der Waals surface area contributed by atoms with Crippen LogP contribution in [0.4, 0.5) is 5.69 Å². The van der Waals surface area contributed by atoms with Crippen molar-refractivity contribution in [2.75, 3.05) is 18.3 Å². The Labute approximate surface area is 161 Å². The molecule has 0 unspecified atom stereocenters. The van der Waals surface area contributed by atoms with Gasteiger partial charge in [0.05, 0.1) is 12.4 Å². The molecule has 3 rings (SSSR count). The van der Waals surface area contributed by atoms with Crippen LogP contribution >= 0.6 is 11.8 Å². The molecule has 0 aliphatic carbocycles. The van der Waals surface area contributed by atoms with Crippen molar-refractivity contribution in [1.82, 2.24) is 14.9 Å². The molecule has 140 valence electrons. The van der Waals surface area contributed by atoms with Gasteiger partial charge in [0, 0.05) is 11.3 Å². The van der Waals surface area contributed by atoms with E-state index in [1.54, 1.807) is 38.3 Å². The predicted molar refractivity (Wildman–Crippen MR) is 107 cm³/mol. The highest BCUT2D eigenvalue weighted by Crippen LogP contribution is 2.26. The maximum atomic E-state index is 12.4. The van der Waals surface area contributed by atoms with E-state index in [1.165, 1.54) is 16.4 Å². The molecule has 27 heavy (non-hydrogen) atoms. The Hall–Kier alpha value is -3.00. The first-order valence-electron chi connectivity index (χ1n) is 8.37. The van der Waals surface area contributed by atoms with E-state index < -0.39 is 5.25 Å². The van der Waals surface area contributed by atoms with E-state index in [9.17, 15) is 4.79 Å². The van der Waals surface area contributed by atoms with Crippen LogP contribution < -0.4 is 15.9 Å². The summed E-state index contributed by atoms with van der Waals surface area (Å²) in [6, 6.07) is 15.0. The number of ether oxygens (including phenoxy) is 1. The third-order valence-corrected chi connectivity index (χ3v) is 5.04. The lowest BCUT2D eigenvalue weighted by Gasteiger charge is -2.12. The molecule has 1 heterocycles. The monoisotopic (exact) mass is 383 g/mol. The molecule has 3 N–H and O–H groups in total. The van der Waals surface area contributed by atoms with Crippen LogP contribution in [0.25, 0.3) is 11.4 Å². The minimum Gasteiger partial charge on any atom is -0.497 e. The molecule has 7 nitrogen and oxygen atoms in total. The van der Waals surface area contributed by atoms with Gasteiger partial charge in [-0.05, 0) is 38.1 Å². The molecule has 1 atom stereocenters. The Morgan fingerprint density at radius 2 is 1.81 bits per heavy atom. The molecular formula is C19H21N5O2S. The quantitative estimate of drug-likeness (QED) is 0.502. The number of anilines is 1. The summed E-state index contributed by atoms with van der Waals surface area (Å²) in [7, 11) is 1.60. The van der Waals surface area contributed by atoms with Crippen LogP contribution in [-0.2, 0) is 4.79 Å². The molecule has 0 bridgehead atoms. The van der Waals surface area contributed by atoms with Crippen molar-refractivity contribution in [2.24, 2.45) is 0 Å². The summed E-state index contributed by atoms with van der Waals surface area (Å²) in [5.41, 5.74) is 2.72. The average Bonchev–Trinajstić information content (AvgIpc) is 3.03. The van der Waals surface area contributed by atoms with Gasteiger partial charge in [0.15, 0.2) is 5.82 Å². The second-order valence-electron chi connectivity index (χ2n) is 6.02. The molecule has 0 aliphatic heterocycles. The molecular weight excluding hydrogens is 362 g/mol. The van der Waals surface area contributed by atoms with Gasteiger partial charge in [-0.1, -0.05) is 41.6 Å². The van der Waals surface area contributed by atoms with Crippen LogP contribution in [0.3, 0.4) is 0 Å². The lowest BCUT2D eigenvalue weighted by atomic mass is 10.1. The highest BCUT2D eigenvalue weighted by Gasteiger charge is 2.20. The Balaban J connectivity index is 1.67. The maximum absolute atomic E-state index is 12.4. The van der Waals surface area contributed by atoms with Crippen molar-refractivity contribution in [2.45, 2.75) is 24.3 Å². The van der Waals surface area contributed by atoms with E-state index in [2.05, 4.69) is 15.5 Å². The van der Waals surface area contributed by atoms with Gasteiger partial charge in [-0.2, -0.15) is 0 Å². The molecule has 2 aromatic carbocycles. The van der Waals surface area contributed by atoms with Crippen molar-refractivity contribution in [3.8, 4) is 17.1 Å². The zero-order valence-electron chi connectivity index (χ0n) is 15.3. The van der Waals surface area contributed by atoms with Crippen molar-refractivity contribution >= 4 is 23.4 Å². The number of nitrogen functional groups attached to an aromatic ring is 1. The fourth-order valence-corrected chi connectivity index (χ4v) is 3.16. The van der Waals surface area contributed by atoms with Crippen LogP contribution in [0.1, 0.15) is 12.5 Å². The average molecular weight is 383 g/mol. The van der Waals surface area contributed by atoms with Gasteiger partial charge in [-0.25, -0.2) is 4.68 Å². The Bertz CT molecular complexity index is 922. The first kappa shape index (κ1) is 18.8. The highest BCUT2D eigenvalue weighted by molar-refractivity contribution is 8.00. The summed E-state index contributed by atoms with van der Waals surface area (Å²) in [5.74, 6) is 7.27. The van der Waals surface area contributed by atoms with Crippen LogP contribution in [0.15, 0.2) is 53.7 Å². The Kier molecular flexibility index (Phi) is 5.66. The fraction of sp³-hybridized carbons (Fsp3) is 0.211. The van der Waals surface area contributed by atoms with Crippen molar-refractivity contribution in [1.29, 1.82) is 0 Å². The minimum atomic E-state index is -0.399. The number of amides is 1. The number of nitrogens with zero attached hydrogens (tertiary/aromatic N) is 3. The van der Waals surface area contributed by atoms with E-state index in [-0.39, 0.29) is 5.91 Å². The van der Waals surface area contributed by atoms with Crippen LogP contribution in [0, 0.1) is 6.92 Å². The van der Waals surface area contributed by atoms with Crippen LogP contribution in [-0.4, -0.2) is 33.1 Å². The van der Waals surface area contributed by atoms with Gasteiger partial charge in [0.2, 0.25) is 11.1 Å². The van der Waals surface area contributed by atoms with E-state index >= 15 is 0 Å². The summed E-state index contributed by atoms with van der Waals surface area (Å²) in [6.45, 7) is 3.81. The Morgan fingerprint density at radius 3 is 2.44 bits per heavy atom. The van der Waals surface area contributed by atoms with Crippen LogP contribution in [0.2, 0.25) is 0 Å². The number of carbonyl (C=O) groups is 1. The first-order valence-corrected chi connectivity index (χ1v) is 9.25. The number of nitrogens with two attached hydrogens (primary N) is 1. The lowest BCUT2D eigenvalue weighted by Crippen LogP contribution is -2.23.